The van der Waals surface area contributed by atoms with Crippen LogP contribution in [-0.2, 0) is 15.0 Å². The van der Waals surface area contributed by atoms with Crippen LogP contribution in [0.2, 0.25) is 0 Å². The molecule has 0 spiro atoms. The van der Waals surface area contributed by atoms with Gasteiger partial charge >= 0.3 is 5.97 Å². The Morgan fingerprint density at radius 3 is 2.48 bits per heavy atom. The molecule has 116 valence electrons. The van der Waals surface area contributed by atoms with Gasteiger partial charge in [-0.1, -0.05) is 39.0 Å². The molecule has 0 heterocycles. The van der Waals surface area contributed by atoms with E-state index < -0.39 is 5.97 Å². The normalized spacial score (nSPS) is 11.0. The first-order chi connectivity index (χ1) is 9.80. The topological polar surface area (TPSA) is 75.6 Å². The van der Waals surface area contributed by atoms with E-state index in [1.54, 1.807) is 0 Å². The lowest BCUT2D eigenvalue weighted by Crippen LogP contribution is -2.28. The second kappa shape index (κ2) is 7.67. The van der Waals surface area contributed by atoms with Crippen molar-refractivity contribution in [3.63, 3.8) is 0 Å². The van der Waals surface area contributed by atoms with Gasteiger partial charge in [0.1, 0.15) is 12.4 Å². The number of hydrogen-bond acceptors (Lipinski definition) is 3. The number of amides is 1. The summed E-state index contributed by atoms with van der Waals surface area (Å²) in [7, 11) is 0. The number of para-hydroxylation sites is 1. The van der Waals surface area contributed by atoms with Crippen LogP contribution in [0.3, 0.4) is 0 Å². The van der Waals surface area contributed by atoms with Gasteiger partial charge < -0.3 is 15.2 Å². The molecule has 0 unspecified atom stereocenters. The molecule has 1 rings (SSSR count). The highest BCUT2D eigenvalue weighted by molar-refractivity contribution is 5.80. The van der Waals surface area contributed by atoms with Crippen LogP contribution in [0.25, 0.3) is 0 Å². The molecule has 0 bridgehead atoms. The van der Waals surface area contributed by atoms with Gasteiger partial charge in [-0.05, 0) is 17.0 Å². The van der Waals surface area contributed by atoms with E-state index in [4.69, 9.17) is 9.84 Å². The molecule has 0 radical (unpaired) electrons. The fourth-order valence-corrected chi connectivity index (χ4v) is 1.87. The average Bonchev–Trinajstić information content (AvgIpc) is 2.40. The number of carboxylic acids is 1. The standard InChI is InChI=1S/C16H23NO4/c1-16(2,3)12-6-4-5-7-13(12)21-11-10-17-14(18)8-9-15(19)20/h4-7H,8-11H2,1-3H3,(H,17,18)(H,19,20). The Kier molecular flexibility index (Phi) is 6.21. The first-order valence-electron chi connectivity index (χ1n) is 7.01. The molecule has 0 fully saturated rings. The van der Waals surface area contributed by atoms with Crippen molar-refractivity contribution in [3.05, 3.63) is 29.8 Å². The van der Waals surface area contributed by atoms with Gasteiger partial charge in [0, 0.05) is 6.42 Å². The van der Waals surface area contributed by atoms with Crippen molar-refractivity contribution in [1.29, 1.82) is 0 Å². The molecule has 0 aliphatic heterocycles. The Balaban J connectivity index is 2.40. The Morgan fingerprint density at radius 1 is 1.19 bits per heavy atom. The van der Waals surface area contributed by atoms with Crippen LogP contribution in [-0.4, -0.2) is 30.1 Å². The highest BCUT2D eigenvalue weighted by atomic mass is 16.5. The summed E-state index contributed by atoms with van der Waals surface area (Å²) >= 11 is 0. The van der Waals surface area contributed by atoms with Crippen molar-refractivity contribution in [1.82, 2.24) is 5.32 Å². The van der Waals surface area contributed by atoms with Crippen LogP contribution in [0.15, 0.2) is 24.3 Å². The first-order valence-corrected chi connectivity index (χ1v) is 7.01. The lowest BCUT2D eigenvalue weighted by atomic mass is 9.86. The van der Waals surface area contributed by atoms with Gasteiger partial charge in [-0.15, -0.1) is 0 Å². The van der Waals surface area contributed by atoms with Crippen molar-refractivity contribution in [2.75, 3.05) is 13.2 Å². The van der Waals surface area contributed by atoms with Crippen LogP contribution in [0.1, 0.15) is 39.2 Å². The second-order valence-corrected chi connectivity index (χ2v) is 5.84. The molecule has 1 aromatic rings. The molecule has 0 atom stereocenters. The smallest absolute Gasteiger partial charge is 0.303 e. The number of ether oxygens (including phenoxy) is 1. The molecule has 0 aromatic heterocycles. The van der Waals surface area contributed by atoms with E-state index in [1.807, 2.05) is 24.3 Å². The van der Waals surface area contributed by atoms with E-state index in [2.05, 4.69) is 26.1 Å². The number of carboxylic acid groups (broad SMARTS) is 1. The maximum Gasteiger partial charge on any atom is 0.303 e. The van der Waals surface area contributed by atoms with Crippen LogP contribution < -0.4 is 10.1 Å². The Hall–Kier alpha value is -2.04. The van der Waals surface area contributed by atoms with Gasteiger partial charge in [0.2, 0.25) is 5.91 Å². The molecule has 1 amide bonds. The fraction of sp³-hybridized carbons (Fsp3) is 0.500. The van der Waals surface area contributed by atoms with Gasteiger partial charge in [-0.25, -0.2) is 0 Å². The largest absolute Gasteiger partial charge is 0.491 e. The number of carbonyl (C=O) groups excluding carboxylic acids is 1. The Bertz CT molecular complexity index is 491. The average molecular weight is 293 g/mol. The molecule has 0 saturated carbocycles. The summed E-state index contributed by atoms with van der Waals surface area (Å²) in [6.07, 6.45) is -0.159. The lowest BCUT2D eigenvalue weighted by Gasteiger charge is -2.22. The lowest BCUT2D eigenvalue weighted by molar-refractivity contribution is -0.138. The van der Waals surface area contributed by atoms with Crippen LogP contribution >= 0.6 is 0 Å². The molecule has 2 N–H and O–H groups in total. The minimum atomic E-state index is -0.972. The van der Waals surface area contributed by atoms with Gasteiger partial charge in [-0.2, -0.15) is 0 Å². The molecule has 0 saturated heterocycles. The molecule has 21 heavy (non-hydrogen) atoms. The summed E-state index contributed by atoms with van der Waals surface area (Å²) in [5.74, 6) is -0.435. The van der Waals surface area contributed by atoms with Gasteiger partial charge in [0.05, 0.1) is 13.0 Å². The van der Waals surface area contributed by atoms with Gasteiger partial charge in [0.15, 0.2) is 0 Å². The van der Waals surface area contributed by atoms with E-state index >= 15 is 0 Å². The number of hydrogen-bond donors (Lipinski definition) is 2. The van der Waals surface area contributed by atoms with Crippen LogP contribution in [0, 0.1) is 0 Å². The Labute approximate surface area is 125 Å². The monoisotopic (exact) mass is 293 g/mol. The molecule has 5 heteroatoms. The maximum absolute atomic E-state index is 11.4. The van der Waals surface area contributed by atoms with Crippen molar-refractivity contribution in [3.8, 4) is 5.75 Å². The molecule has 1 aromatic carbocycles. The van der Waals surface area contributed by atoms with Crippen molar-refractivity contribution >= 4 is 11.9 Å². The van der Waals surface area contributed by atoms with E-state index in [0.717, 1.165) is 11.3 Å². The minimum Gasteiger partial charge on any atom is -0.491 e. The molecular formula is C16H23NO4. The summed E-state index contributed by atoms with van der Waals surface area (Å²) in [4.78, 5) is 21.7. The summed E-state index contributed by atoms with van der Waals surface area (Å²) in [5.41, 5.74) is 1.10. The van der Waals surface area contributed by atoms with Crippen molar-refractivity contribution in [2.45, 2.75) is 39.0 Å². The summed E-state index contributed by atoms with van der Waals surface area (Å²) in [6, 6.07) is 7.82. The first kappa shape index (κ1) is 17.0. The number of aliphatic carboxylic acids is 1. The van der Waals surface area contributed by atoms with Crippen molar-refractivity contribution < 1.29 is 19.4 Å². The molecule has 5 nitrogen and oxygen atoms in total. The van der Waals surface area contributed by atoms with Crippen molar-refractivity contribution in [2.24, 2.45) is 0 Å². The predicted molar refractivity (Wildman–Crippen MR) is 80.5 cm³/mol. The number of carbonyl (C=O) groups is 2. The highest BCUT2D eigenvalue weighted by Crippen LogP contribution is 2.30. The van der Waals surface area contributed by atoms with Crippen LogP contribution in [0.5, 0.6) is 5.75 Å². The van der Waals surface area contributed by atoms with Gasteiger partial charge in [-0.3, -0.25) is 9.59 Å². The predicted octanol–water partition coefficient (Wildman–Crippen LogP) is 2.34. The SMILES string of the molecule is CC(C)(C)c1ccccc1OCCNC(=O)CCC(=O)O. The van der Waals surface area contributed by atoms with E-state index in [0.29, 0.717) is 13.2 Å². The zero-order valence-corrected chi connectivity index (χ0v) is 12.8. The summed E-state index contributed by atoms with van der Waals surface area (Å²) in [6.45, 7) is 7.05. The number of rotatable bonds is 7. The zero-order chi connectivity index (χ0) is 15.9. The molecular weight excluding hydrogens is 270 g/mol. The molecule has 0 aliphatic rings. The third-order valence-corrected chi connectivity index (χ3v) is 2.94. The van der Waals surface area contributed by atoms with E-state index in [9.17, 15) is 9.59 Å². The van der Waals surface area contributed by atoms with Gasteiger partial charge in [0.25, 0.3) is 0 Å². The van der Waals surface area contributed by atoms with E-state index in [1.165, 1.54) is 0 Å². The number of nitrogens with one attached hydrogen (secondary N) is 1. The van der Waals surface area contributed by atoms with E-state index in [-0.39, 0.29) is 24.2 Å². The third-order valence-electron chi connectivity index (χ3n) is 2.94. The number of benzene rings is 1. The highest BCUT2D eigenvalue weighted by Gasteiger charge is 2.18. The quantitative estimate of drug-likeness (QED) is 0.757. The molecule has 0 aliphatic carbocycles. The Morgan fingerprint density at radius 2 is 1.86 bits per heavy atom. The zero-order valence-electron chi connectivity index (χ0n) is 12.8. The fourth-order valence-electron chi connectivity index (χ4n) is 1.87. The minimum absolute atomic E-state index is 0.00604. The maximum atomic E-state index is 11.4. The summed E-state index contributed by atoms with van der Waals surface area (Å²) in [5, 5.41) is 11.1. The van der Waals surface area contributed by atoms with Crippen LogP contribution in [0.4, 0.5) is 0 Å². The third kappa shape index (κ3) is 6.29. The second-order valence-electron chi connectivity index (χ2n) is 5.84. The summed E-state index contributed by atoms with van der Waals surface area (Å²) < 4.78 is 5.71.